The molecule has 0 spiro atoms. The molecule has 2 aromatic carbocycles. The zero-order chi connectivity index (χ0) is 20.5. The third-order valence-electron chi connectivity index (χ3n) is 5.03. The van der Waals surface area contributed by atoms with E-state index >= 15 is 0 Å². The molecule has 29 heavy (non-hydrogen) atoms. The SMILES string of the molecule is O=C(NCCCCN1CCCC1CO)Nc1cc(Cl)ccc1Oc1ccccc1. The zero-order valence-corrected chi connectivity index (χ0v) is 17.2. The molecule has 2 aromatic rings. The Balaban J connectivity index is 1.44. The molecular formula is C22H28ClN3O3. The maximum atomic E-state index is 12.3. The number of para-hydroxylation sites is 1. The largest absolute Gasteiger partial charge is 0.455 e. The van der Waals surface area contributed by atoms with Crippen LogP contribution in [0.1, 0.15) is 25.7 Å². The number of hydrogen-bond acceptors (Lipinski definition) is 4. The van der Waals surface area contributed by atoms with Crippen molar-refractivity contribution in [1.82, 2.24) is 10.2 Å². The number of benzene rings is 2. The minimum absolute atomic E-state index is 0.230. The van der Waals surface area contributed by atoms with Gasteiger partial charge < -0.3 is 20.5 Å². The van der Waals surface area contributed by atoms with Gasteiger partial charge in [-0.1, -0.05) is 29.8 Å². The van der Waals surface area contributed by atoms with E-state index in [1.807, 2.05) is 30.3 Å². The first-order chi connectivity index (χ1) is 14.2. The van der Waals surface area contributed by atoms with Gasteiger partial charge in [-0.15, -0.1) is 0 Å². The number of urea groups is 1. The summed E-state index contributed by atoms with van der Waals surface area (Å²) in [5.74, 6) is 1.21. The van der Waals surface area contributed by atoms with Crippen LogP contribution in [0, 0.1) is 0 Å². The molecule has 1 atom stereocenters. The Hall–Kier alpha value is -2.28. The first-order valence-electron chi connectivity index (χ1n) is 10.1. The van der Waals surface area contributed by atoms with Gasteiger partial charge in [0.25, 0.3) is 0 Å². The molecule has 0 bridgehead atoms. The second-order valence-electron chi connectivity index (χ2n) is 7.16. The summed E-state index contributed by atoms with van der Waals surface area (Å²) in [7, 11) is 0. The molecule has 3 rings (SSSR count). The number of halogens is 1. The molecule has 0 aliphatic carbocycles. The minimum atomic E-state index is -0.292. The van der Waals surface area contributed by atoms with E-state index in [0.29, 0.717) is 34.8 Å². The van der Waals surface area contributed by atoms with Gasteiger partial charge >= 0.3 is 6.03 Å². The molecule has 1 fully saturated rings. The lowest BCUT2D eigenvalue weighted by molar-refractivity contribution is 0.157. The van der Waals surface area contributed by atoms with E-state index in [2.05, 4.69) is 15.5 Å². The van der Waals surface area contributed by atoms with Crippen LogP contribution in [-0.2, 0) is 0 Å². The Morgan fingerprint density at radius 3 is 2.83 bits per heavy atom. The Bertz CT molecular complexity index is 788. The molecule has 7 heteroatoms. The summed E-state index contributed by atoms with van der Waals surface area (Å²) in [6, 6.07) is 14.5. The number of unbranched alkanes of at least 4 members (excludes halogenated alkanes) is 1. The Morgan fingerprint density at radius 2 is 2.03 bits per heavy atom. The van der Waals surface area contributed by atoms with Crippen LogP contribution < -0.4 is 15.4 Å². The number of rotatable bonds is 9. The summed E-state index contributed by atoms with van der Waals surface area (Å²) in [5, 5.41) is 15.6. The zero-order valence-electron chi connectivity index (χ0n) is 16.4. The lowest BCUT2D eigenvalue weighted by Crippen LogP contribution is -2.34. The number of nitrogens with one attached hydrogen (secondary N) is 2. The molecule has 0 saturated carbocycles. The van der Waals surface area contributed by atoms with Crippen LogP contribution >= 0.6 is 11.6 Å². The van der Waals surface area contributed by atoms with E-state index in [1.165, 1.54) is 0 Å². The molecule has 3 N–H and O–H groups in total. The maximum Gasteiger partial charge on any atom is 0.319 e. The number of amides is 2. The summed E-state index contributed by atoms with van der Waals surface area (Å²) in [4.78, 5) is 14.6. The highest BCUT2D eigenvalue weighted by molar-refractivity contribution is 6.31. The lowest BCUT2D eigenvalue weighted by Gasteiger charge is -2.22. The van der Waals surface area contributed by atoms with Crippen LogP contribution in [0.15, 0.2) is 48.5 Å². The van der Waals surface area contributed by atoms with E-state index in [-0.39, 0.29) is 12.6 Å². The number of likely N-dealkylation sites (tertiary alicyclic amines) is 1. The van der Waals surface area contributed by atoms with E-state index in [4.69, 9.17) is 16.3 Å². The van der Waals surface area contributed by atoms with Crippen LogP contribution in [0.4, 0.5) is 10.5 Å². The average Bonchev–Trinajstić information content (AvgIpc) is 3.18. The maximum absolute atomic E-state index is 12.3. The minimum Gasteiger partial charge on any atom is -0.455 e. The quantitative estimate of drug-likeness (QED) is 0.525. The third-order valence-corrected chi connectivity index (χ3v) is 5.26. The molecule has 1 aliphatic rings. The van der Waals surface area contributed by atoms with Crippen LogP contribution in [-0.4, -0.2) is 48.3 Å². The van der Waals surface area contributed by atoms with Gasteiger partial charge in [-0.05, 0) is 69.1 Å². The fourth-order valence-electron chi connectivity index (χ4n) is 3.51. The Morgan fingerprint density at radius 1 is 1.21 bits per heavy atom. The molecule has 1 unspecified atom stereocenters. The molecule has 0 aromatic heterocycles. The summed E-state index contributed by atoms with van der Waals surface area (Å²) >= 11 is 6.09. The van der Waals surface area contributed by atoms with Crippen LogP contribution in [0.25, 0.3) is 0 Å². The Kier molecular flexibility index (Phi) is 8.16. The van der Waals surface area contributed by atoms with Crippen molar-refractivity contribution in [3.63, 3.8) is 0 Å². The highest BCUT2D eigenvalue weighted by Crippen LogP contribution is 2.31. The monoisotopic (exact) mass is 417 g/mol. The van der Waals surface area contributed by atoms with E-state index in [1.54, 1.807) is 18.2 Å². The number of aliphatic hydroxyl groups excluding tert-OH is 1. The smallest absolute Gasteiger partial charge is 0.319 e. The van der Waals surface area contributed by atoms with Crippen molar-refractivity contribution in [3.8, 4) is 11.5 Å². The highest BCUT2D eigenvalue weighted by Gasteiger charge is 2.22. The van der Waals surface area contributed by atoms with Gasteiger partial charge in [0, 0.05) is 17.6 Å². The highest BCUT2D eigenvalue weighted by atomic mass is 35.5. The molecule has 6 nitrogen and oxygen atoms in total. The van der Waals surface area contributed by atoms with E-state index < -0.39 is 0 Å². The summed E-state index contributed by atoms with van der Waals surface area (Å²) in [6.07, 6.45) is 4.09. The predicted octanol–water partition coefficient (Wildman–Crippen LogP) is 4.49. The number of carbonyl (C=O) groups excluding carboxylic acids is 1. The van der Waals surface area contributed by atoms with Gasteiger partial charge in [0.15, 0.2) is 5.75 Å². The molecule has 1 saturated heterocycles. The normalized spacial score (nSPS) is 16.6. The average molecular weight is 418 g/mol. The number of anilines is 1. The van der Waals surface area contributed by atoms with Crippen molar-refractivity contribution in [2.24, 2.45) is 0 Å². The molecule has 0 radical (unpaired) electrons. The number of carbonyl (C=O) groups is 1. The second kappa shape index (κ2) is 11.0. The van der Waals surface area contributed by atoms with Crippen molar-refractivity contribution < 1.29 is 14.6 Å². The van der Waals surface area contributed by atoms with Gasteiger partial charge in [0.1, 0.15) is 5.75 Å². The topological polar surface area (TPSA) is 73.8 Å². The standard InChI is InChI=1S/C22H28ClN3O3/c23-17-10-11-21(29-19-8-2-1-3-9-19)20(15-17)25-22(28)24-12-4-5-13-26-14-6-7-18(26)16-27/h1-3,8-11,15,18,27H,4-7,12-14,16H2,(H2,24,25,28). The third kappa shape index (κ3) is 6.63. The molecule has 1 heterocycles. The van der Waals surface area contributed by atoms with Gasteiger partial charge in [0.2, 0.25) is 0 Å². The van der Waals surface area contributed by atoms with E-state index in [0.717, 1.165) is 38.8 Å². The van der Waals surface area contributed by atoms with Crippen molar-refractivity contribution >= 4 is 23.3 Å². The number of aliphatic hydroxyl groups is 1. The van der Waals surface area contributed by atoms with Crippen LogP contribution in [0.5, 0.6) is 11.5 Å². The lowest BCUT2D eigenvalue weighted by atomic mass is 10.2. The molecule has 2 amide bonds. The fourth-order valence-corrected chi connectivity index (χ4v) is 3.68. The Labute approximate surface area is 176 Å². The molecular weight excluding hydrogens is 390 g/mol. The van der Waals surface area contributed by atoms with Crippen LogP contribution in [0.2, 0.25) is 5.02 Å². The van der Waals surface area contributed by atoms with Gasteiger partial charge in [-0.3, -0.25) is 4.90 Å². The van der Waals surface area contributed by atoms with Crippen molar-refractivity contribution in [2.75, 3.05) is 31.6 Å². The first-order valence-corrected chi connectivity index (χ1v) is 10.5. The van der Waals surface area contributed by atoms with Gasteiger partial charge in [-0.25, -0.2) is 4.79 Å². The van der Waals surface area contributed by atoms with E-state index in [9.17, 15) is 9.90 Å². The fraction of sp³-hybridized carbons (Fsp3) is 0.409. The van der Waals surface area contributed by atoms with Crippen molar-refractivity contribution in [1.29, 1.82) is 0 Å². The summed E-state index contributed by atoms with van der Waals surface area (Å²) < 4.78 is 5.86. The van der Waals surface area contributed by atoms with Crippen LogP contribution in [0.3, 0.4) is 0 Å². The van der Waals surface area contributed by atoms with Crippen molar-refractivity contribution in [3.05, 3.63) is 53.6 Å². The number of hydrogen-bond donors (Lipinski definition) is 3. The predicted molar refractivity (Wildman–Crippen MR) is 116 cm³/mol. The first kappa shape index (κ1) is 21.4. The van der Waals surface area contributed by atoms with Crippen molar-refractivity contribution in [2.45, 2.75) is 31.7 Å². The molecule has 156 valence electrons. The summed E-state index contributed by atoms with van der Waals surface area (Å²) in [5.41, 5.74) is 0.515. The van der Waals surface area contributed by atoms with Gasteiger partial charge in [0.05, 0.1) is 12.3 Å². The van der Waals surface area contributed by atoms with Gasteiger partial charge in [-0.2, -0.15) is 0 Å². The number of nitrogens with zero attached hydrogens (tertiary/aromatic N) is 1. The summed E-state index contributed by atoms with van der Waals surface area (Å²) in [6.45, 7) is 2.82. The second-order valence-corrected chi connectivity index (χ2v) is 7.59. The number of ether oxygens (including phenoxy) is 1. The molecule has 1 aliphatic heterocycles.